The number of nitrogens with two attached hydrogens (primary N) is 1. The van der Waals surface area contributed by atoms with Crippen molar-refractivity contribution in [1.82, 2.24) is 10.2 Å². The van der Waals surface area contributed by atoms with Gasteiger partial charge in [-0.1, -0.05) is 24.3 Å². The number of urea groups is 1. The summed E-state index contributed by atoms with van der Waals surface area (Å²) in [5.41, 5.74) is 7.68. The molecule has 1 aromatic rings. The Bertz CT molecular complexity index is 335. The Morgan fingerprint density at radius 1 is 1.31 bits per heavy atom. The molecule has 1 aromatic carbocycles. The van der Waals surface area contributed by atoms with Gasteiger partial charge in [0.1, 0.15) is 0 Å². The molecule has 0 aromatic heterocycles. The van der Waals surface area contributed by atoms with Crippen LogP contribution in [0.2, 0.25) is 0 Å². The van der Waals surface area contributed by atoms with E-state index in [2.05, 4.69) is 5.32 Å². The molecule has 1 rings (SSSR count). The lowest BCUT2D eigenvalue weighted by Gasteiger charge is -2.15. The van der Waals surface area contributed by atoms with Crippen LogP contribution in [0.3, 0.4) is 0 Å². The number of carbonyl (C=O) groups is 1. The second-order valence-corrected chi connectivity index (χ2v) is 3.69. The van der Waals surface area contributed by atoms with Crippen molar-refractivity contribution >= 4 is 6.03 Å². The SMILES string of the molecule is CCN(C)C(=O)NCc1ccc(CN)cc1. The van der Waals surface area contributed by atoms with Crippen LogP contribution in [0.1, 0.15) is 18.1 Å². The van der Waals surface area contributed by atoms with Crippen molar-refractivity contribution in [3.63, 3.8) is 0 Å². The van der Waals surface area contributed by atoms with Crippen molar-refractivity contribution in [1.29, 1.82) is 0 Å². The summed E-state index contributed by atoms with van der Waals surface area (Å²) >= 11 is 0. The maximum Gasteiger partial charge on any atom is 0.317 e. The third kappa shape index (κ3) is 3.55. The molecule has 0 spiro atoms. The summed E-state index contributed by atoms with van der Waals surface area (Å²) in [6, 6.07) is 7.87. The zero-order valence-corrected chi connectivity index (χ0v) is 9.86. The van der Waals surface area contributed by atoms with Crippen LogP contribution in [-0.2, 0) is 13.1 Å². The van der Waals surface area contributed by atoms with Gasteiger partial charge in [-0.15, -0.1) is 0 Å². The third-order valence-electron chi connectivity index (χ3n) is 2.52. The Balaban J connectivity index is 2.45. The summed E-state index contributed by atoms with van der Waals surface area (Å²) < 4.78 is 0. The number of nitrogens with zero attached hydrogens (tertiary/aromatic N) is 1. The first-order valence-electron chi connectivity index (χ1n) is 5.44. The van der Waals surface area contributed by atoms with Crippen LogP contribution in [0, 0.1) is 0 Å². The van der Waals surface area contributed by atoms with Crippen LogP contribution in [0.15, 0.2) is 24.3 Å². The fraction of sp³-hybridized carbons (Fsp3) is 0.417. The largest absolute Gasteiger partial charge is 0.334 e. The average molecular weight is 221 g/mol. The van der Waals surface area contributed by atoms with Gasteiger partial charge in [-0.25, -0.2) is 4.79 Å². The van der Waals surface area contributed by atoms with E-state index in [9.17, 15) is 4.79 Å². The maximum absolute atomic E-state index is 11.5. The van der Waals surface area contributed by atoms with Crippen LogP contribution in [0.4, 0.5) is 4.79 Å². The Labute approximate surface area is 96.4 Å². The molecule has 16 heavy (non-hydrogen) atoms. The van der Waals surface area contributed by atoms with Crippen LogP contribution < -0.4 is 11.1 Å². The normalized spacial score (nSPS) is 9.94. The highest BCUT2D eigenvalue weighted by molar-refractivity contribution is 5.73. The molecule has 0 aliphatic carbocycles. The van der Waals surface area contributed by atoms with E-state index in [-0.39, 0.29) is 6.03 Å². The minimum absolute atomic E-state index is 0.0506. The highest BCUT2D eigenvalue weighted by Gasteiger charge is 2.04. The smallest absolute Gasteiger partial charge is 0.317 e. The summed E-state index contributed by atoms with van der Waals surface area (Å²) in [4.78, 5) is 13.1. The van der Waals surface area contributed by atoms with E-state index >= 15 is 0 Å². The standard InChI is InChI=1S/C12H19N3O/c1-3-15(2)12(16)14-9-11-6-4-10(8-13)5-7-11/h4-7H,3,8-9,13H2,1-2H3,(H,14,16). The maximum atomic E-state index is 11.5. The molecule has 88 valence electrons. The van der Waals surface area contributed by atoms with E-state index < -0.39 is 0 Å². The van der Waals surface area contributed by atoms with Gasteiger partial charge in [0.25, 0.3) is 0 Å². The van der Waals surface area contributed by atoms with Gasteiger partial charge < -0.3 is 16.0 Å². The predicted molar refractivity (Wildman–Crippen MR) is 64.9 cm³/mol. The molecule has 0 aliphatic heterocycles. The van der Waals surface area contributed by atoms with E-state index in [0.29, 0.717) is 19.6 Å². The second-order valence-electron chi connectivity index (χ2n) is 3.69. The number of amides is 2. The summed E-state index contributed by atoms with van der Waals surface area (Å²) in [5, 5.41) is 2.84. The van der Waals surface area contributed by atoms with Gasteiger partial charge in [0.05, 0.1) is 0 Å². The number of benzene rings is 1. The number of rotatable bonds is 4. The quantitative estimate of drug-likeness (QED) is 0.805. The zero-order chi connectivity index (χ0) is 12.0. The van der Waals surface area contributed by atoms with E-state index in [1.807, 2.05) is 31.2 Å². The van der Waals surface area contributed by atoms with Crippen molar-refractivity contribution in [2.24, 2.45) is 5.73 Å². The average Bonchev–Trinajstić information content (AvgIpc) is 2.35. The molecular formula is C12H19N3O. The summed E-state index contributed by atoms with van der Waals surface area (Å²) in [7, 11) is 1.77. The van der Waals surface area contributed by atoms with E-state index in [1.54, 1.807) is 11.9 Å². The highest BCUT2D eigenvalue weighted by Crippen LogP contribution is 2.03. The first kappa shape index (κ1) is 12.5. The molecule has 0 saturated carbocycles. The van der Waals surface area contributed by atoms with Crippen molar-refractivity contribution < 1.29 is 4.79 Å². The fourth-order valence-corrected chi connectivity index (χ4v) is 1.25. The topological polar surface area (TPSA) is 58.4 Å². The van der Waals surface area contributed by atoms with Gasteiger partial charge in [-0.3, -0.25) is 0 Å². The Kier molecular flexibility index (Phi) is 4.79. The van der Waals surface area contributed by atoms with Crippen molar-refractivity contribution in [2.75, 3.05) is 13.6 Å². The van der Waals surface area contributed by atoms with Gasteiger partial charge in [0, 0.05) is 26.7 Å². The molecule has 0 aliphatic rings. The Hall–Kier alpha value is -1.55. The molecule has 0 unspecified atom stereocenters. The van der Waals surface area contributed by atoms with Crippen LogP contribution in [0.25, 0.3) is 0 Å². The van der Waals surface area contributed by atoms with E-state index in [0.717, 1.165) is 11.1 Å². The van der Waals surface area contributed by atoms with Crippen molar-refractivity contribution in [2.45, 2.75) is 20.0 Å². The third-order valence-corrected chi connectivity index (χ3v) is 2.52. The minimum Gasteiger partial charge on any atom is -0.334 e. The molecule has 2 amide bonds. The van der Waals surface area contributed by atoms with Crippen LogP contribution in [-0.4, -0.2) is 24.5 Å². The van der Waals surface area contributed by atoms with Gasteiger partial charge in [-0.05, 0) is 18.1 Å². The molecule has 4 nitrogen and oxygen atoms in total. The summed E-state index contributed by atoms with van der Waals surface area (Å²) in [6.45, 7) is 3.74. The lowest BCUT2D eigenvalue weighted by Crippen LogP contribution is -2.36. The molecule has 0 radical (unpaired) electrons. The lowest BCUT2D eigenvalue weighted by atomic mass is 10.1. The molecule has 4 heteroatoms. The number of hydrogen-bond acceptors (Lipinski definition) is 2. The molecule has 0 heterocycles. The molecule has 0 saturated heterocycles. The van der Waals surface area contributed by atoms with Gasteiger partial charge in [0.2, 0.25) is 0 Å². The van der Waals surface area contributed by atoms with Crippen molar-refractivity contribution in [3.8, 4) is 0 Å². The molecule has 0 atom stereocenters. The van der Waals surface area contributed by atoms with E-state index in [1.165, 1.54) is 0 Å². The number of nitrogens with one attached hydrogen (secondary N) is 1. The highest BCUT2D eigenvalue weighted by atomic mass is 16.2. The van der Waals surface area contributed by atoms with Crippen LogP contribution >= 0.6 is 0 Å². The molecule has 3 N–H and O–H groups in total. The Morgan fingerprint density at radius 3 is 2.38 bits per heavy atom. The molecule has 0 bridgehead atoms. The Morgan fingerprint density at radius 2 is 1.88 bits per heavy atom. The molecular weight excluding hydrogens is 202 g/mol. The zero-order valence-electron chi connectivity index (χ0n) is 9.86. The fourth-order valence-electron chi connectivity index (χ4n) is 1.25. The van der Waals surface area contributed by atoms with Gasteiger partial charge in [0.15, 0.2) is 0 Å². The van der Waals surface area contributed by atoms with Crippen molar-refractivity contribution in [3.05, 3.63) is 35.4 Å². The lowest BCUT2D eigenvalue weighted by molar-refractivity contribution is 0.210. The van der Waals surface area contributed by atoms with E-state index in [4.69, 9.17) is 5.73 Å². The first-order chi connectivity index (χ1) is 7.67. The molecule has 0 fully saturated rings. The second kappa shape index (κ2) is 6.12. The number of hydrogen-bond donors (Lipinski definition) is 2. The summed E-state index contributed by atoms with van der Waals surface area (Å²) in [5.74, 6) is 0. The van der Waals surface area contributed by atoms with Gasteiger partial charge in [-0.2, -0.15) is 0 Å². The number of carbonyl (C=O) groups excluding carboxylic acids is 1. The summed E-state index contributed by atoms with van der Waals surface area (Å²) in [6.07, 6.45) is 0. The van der Waals surface area contributed by atoms with Gasteiger partial charge >= 0.3 is 6.03 Å². The predicted octanol–water partition coefficient (Wildman–Crippen LogP) is 1.31. The first-order valence-corrected chi connectivity index (χ1v) is 5.44. The minimum atomic E-state index is -0.0506. The van der Waals surface area contributed by atoms with Crippen LogP contribution in [0.5, 0.6) is 0 Å². The monoisotopic (exact) mass is 221 g/mol.